The van der Waals surface area contributed by atoms with Crippen molar-refractivity contribution in [3.8, 4) is 0 Å². The van der Waals surface area contributed by atoms with Crippen LogP contribution in [0.4, 0.5) is 5.69 Å². The van der Waals surface area contributed by atoms with Crippen molar-refractivity contribution in [2.75, 3.05) is 24.6 Å². The highest BCUT2D eigenvalue weighted by Crippen LogP contribution is 2.29. The molecule has 3 nitrogen and oxygen atoms in total. The largest absolute Gasteiger partial charge is 0.375 e. The van der Waals surface area contributed by atoms with Gasteiger partial charge in [0.15, 0.2) is 0 Å². The molecule has 0 aromatic heterocycles. The van der Waals surface area contributed by atoms with Crippen molar-refractivity contribution in [2.45, 2.75) is 26.0 Å². The van der Waals surface area contributed by atoms with E-state index in [2.05, 4.69) is 17.9 Å². The molecule has 0 saturated carbocycles. The van der Waals surface area contributed by atoms with Crippen molar-refractivity contribution in [2.24, 2.45) is 5.73 Å². The SMILES string of the molecule is CC1CN(c2ccc(C(C)N)cc2Cl)CCO1. The van der Waals surface area contributed by atoms with E-state index in [1.807, 2.05) is 19.1 Å². The van der Waals surface area contributed by atoms with Gasteiger partial charge in [-0.2, -0.15) is 0 Å². The molecule has 2 N–H and O–H groups in total. The first kappa shape index (κ1) is 12.7. The van der Waals surface area contributed by atoms with Gasteiger partial charge in [-0.1, -0.05) is 17.7 Å². The number of hydrogen-bond acceptors (Lipinski definition) is 3. The van der Waals surface area contributed by atoms with Gasteiger partial charge in [-0.25, -0.2) is 0 Å². The monoisotopic (exact) mass is 254 g/mol. The molecule has 0 bridgehead atoms. The average molecular weight is 255 g/mol. The third kappa shape index (κ3) is 2.92. The molecule has 1 aliphatic heterocycles. The molecule has 94 valence electrons. The summed E-state index contributed by atoms with van der Waals surface area (Å²) in [5.41, 5.74) is 7.99. The Kier molecular flexibility index (Phi) is 3.92. The number of benzene rings is 1. The predicted octanol–water partition coefficient (Wildman–Crippen LogP) is 2.58. The Bertz CT molecular complexity index is 395. The van der Waals surface area contributed by atoms with Crippen LogP contribution in [0.2, 0.25) is 5.02 Å². The summed E-state index contributed by atoms with van der Waals surface area (Å²) >= 11 is 6.32. The van der Waals surface area contributed by atoms with Gasteiger partial charge in [0, 0.05) is 19.1 Å². The molecule has 1 saturated heterocycles. The second-order valence-electron chi connectivity index (χ2n) is 4.63. The first-order chi connectivity index (χ1) is 8.08. The molecule has 0 radical (unpaired) electrons. The Morgan fingerprint density at radius 1 is 1.53 bits per heavy atom. The highest BCUT2D eigenvalue weighted by molar-refractivity contribution is 6.33. The summed E-state index contributed by atoms with van der Waals surface area (Å²) in [6.45, 7) is 6.57. The number of anilines is 1. The van der Waals surface area contributed by atoms with Gasteiger partial charge in [0.25, 0.3) is 0 Å². The lowest BCUT2D eigenvalue weighted by Crippen LogP contribution is -2.41. The number of nitrogens with two attached hydrogens (primary N) is 1. The summed E-state index contributed by atoms with van der Waals surface area (Å²) in [4.78, 5) is 2.27. The van der Waals surface area contributed by atoms with Crippen LogP contribution in [-0.4, -0.2) is 25.8 Å². The van der Waals surface area contributed by atoms with Crippen molar-refractivity contribution < 1.29 is 4.74 Å². The molecule has 1 aromatic carbocycles. The molecule has 0 spiro atoms. The lowest BCUT2D eigenvalue weighted by molar-refractivity contribution is 0.0532. The van der Waals surface area contributed by atoms with E-state index in [1.54, 1.807) is 0 Å². The van der Waals surface area contributed by atoms with Crippen LogP contribution in [0.5, 0.6) is 0 Å². The zero-order chi connectivity index (χ0) is 12.4. The fourth-order valence-corrected chi connectivity index (χ4v) is 2.41. The summed E-state index contributed by atoms with van der Waals surface area (Å²) < 4.78 is 5.53. The average Bonchev–Trinajstić information content (AvgIpc) is 2.28. The predicted molar refractivity (Wildman–Crippen MR) is 71.7 cm³/mol. The molecule has 17 heavy (non-hydrogen) atoms. The Hall–Kier alpha value is -0.770. The van der Waals surface area contributed by atoms with Crippen molar-refractivity contribution in [3.63, 3.8) is 0 Å². The molecular weight excluding hydrogens is 236 g/mol. The molecule has 1 heterocycles. The van der Waals surface area contributed by atoms with Crippen LogP contribution in [0.25, 0.3) is 0 Å². The Morgan fingerprint density at radius 3 is 2.88 bits per heavy atom. The molecule has 1 fully saturated rings. The highest BCUT2D eigenvalue weighted by Gasteiger charge is 2.19. The number of nitrogens with zero attached hydrogens (tertiary/aromatic N) is 1. The van der Waals surface area contributed by atoms with Gasteiger partial charge in [-0.05, 0) is 31.5 Å². The van der Waals surface area contributed by atoms with E-state index in [9.17, 15) is 0 Å². The third-order valence-corrected chi connectivity index (χ3v) is 3.38. The Morgan fingerprint density at radius 2 is 2.29 bits per heavy atom. The highest BCUT2D eigenvalue weighted by atomic mass is 35.5. The lowest BCUT2D eigenvalue weighted by atomic mass is 10.1. The second-order valence-corrected chi connectivity index (χ2v) is 5.03. The van der Waals surface area contributed by atoms with Gasteiger partial charge in [0.05, 0.1) is 23.4 Å². The van der Waals surface area contributed by atoms with Crippen LogP contribution in [0.1, 0.15) is 25.5 Å². The summed E-state index contributed by atoms with van der Waals surface area (Å²) in [5, 5.41) is 0.772. The quantitative estimate of drug-likeness (QED) is 0.882. The molecule has 2 unspecified atom stereocenters. The first-order valence-electron chi connectivity index (χ1n) is 5.99. The van der Waals surface area contributed by atoms with E-state index in [1.165, 1.54) is 0 Å². The number of halogens is 1. The van der Waals surface area contributed by atoms with E-state index in [0.29, 0.717) is 0 Å². The maximum Gasteiger partial charge on any atom is 0.0722 e. The van der Waals surface area contributed by atoms with E-state index < -0.39 is 0 Å². The van der Waals surface area contributed by atoms with Crippen LogP contribution >= 0.6 is 11.6 Å². The third-order valence-electron chi connectivity index (χ3n) is 3.08. The molecule has 1 aromatic rings. The molecule has 1 aliphatic rings. The molecule has 2 rings (SSSR count). The van der Waals surface area contributed by atoms with Crippen LogP contribution in [-0.2, 0) is 4.74 Å². The van der Waals surface area contributed by atoms with Gasteiger partial charge >= 0.3 is 0 Å². The van der Waals surface area contributed by atoms with E-state index >= 15 is 0 Å². The van der Waals surface area contributed by atoms with Gasteiger partial charge in [-0.3, -0.25) is 0 Å². The van der Waals surface area contributed by atoms with Crippen LogP contribution in [0.15, 0.2) is 18.2 Å². The molecule has 2 atom stereocenters. The minimum Gasteiger partial charge on any atom is -0.375 e. The molecular formula is C13H19ClN2O. The first-order valence-corrected chi connectivity index (χ1v) is 6.37. The normalized spacial score (nSPS) is 22.6. The standard InChI is InChI=1S/C13H19ClN2O/c1-9-8-16(5-6-17-9)13-4-3-11(10(2)15)7-12(13)14/h3-4,7,9-10H,5-6,8,15H2,1-2H3. The van der Waals surface area contributed by atoms with Crippen LogP contribution in [0.3, 0.4) is 0 Å². The van der Waals surface area contributed by atoms with Crippen molar-refractivity contribution >= 4 is 17.3 Å². The second kappa shape index (κ2) is 5.25. The summed E-state index contributed by atoms with van der Waals surface area (Å²) in [5.74, 6) is 0. The zero-order valence-corrected chi connectivity index (χ0v) is 11.1. The summed E-state index contributed by atoms with van der Waals surface area (Å²) in [6, 6.07) is 6.08. The van der Waals surface area contributed by atoms with Gasteiger partial charge in [-0.15, -0.1) is 0 Å². The smallest absolute Gasteiger partial charge is 0.0722 e. The van der Waals surface area contributed by atoms with Crippen LogP contribution in [0, 0.1) is 0 Å². The minimum atomic E-state index is 0.0187. The fraction of sp³-hybridized carbons (Fsp3) is 0.538. The molecule has 4 heteroatoms. The number of hydrogen-bond donors (Lipinski definition) is 1. The van der Waals surface area contributed by atoms with Gasteiger partial charge in [0.2, 0.25) is 0 Å². The Labute approximate surface area is 107 Å². The maximum atomic E-state index is 6.32. The number of ether oxygens (including phenoxy) is 1. The van der Waals surface area contributed by atoms with Gasteiger partial charge < -0.3 is 15.4 Å². The van der Waals surface area contributed by atoms with E-state index in [4.69, 9.17) is 22.1 Å². The summed E-state index contributed by atoms with van der Waals surface area (Å²) in [7, 11) is 0. The summed E-state index contributed by atoms with van der Waals surface area (Å²) in [6.07, 6.45) is 0.257. The van der Waals surface area contributed by atoms with Gasteiger partial charge in [0.1, 0.15) is 0 Å². The zero-order valence-electron chi connectivity index (χ0n) is 10.3. The van der Waals surface area contributed by atoms with Crippen molar-refractivity contribution in [1.29, 1.82) is 0 Å². The topological polar surface area (TPSA) is 38.5 Å². The van der Waals surface area contributed by atoms with Crippen LogP contribution < -0.4 is 10.6 Å². The molecule has 0 amide bonds. The Balaban J connectivity index is 2.21. The van der Waals surface area contributed by atoms with Crippen molar-refractivity contribution in [3.05, 3.63) is 28.8 Å². The number of rotatable bonds is 2. The maximum absolute atomic E-state index is 6.32. The fourth-order valence-electron chi connectivity index (χ4n) is 2.10. The lowest BCUT2D eigenvalue weighted by Gasteiger charge is -2.33. The van der Waals surface area contributed by atoms with E-state index in [-0.39, 0.29) is 12.1 Å². The van der Waals surface area contributed by atoms with E-state index in [0.717, 1.165) is 36.0 Å². The number of morpholine rings is 1. The minimum absolute atomic E-state index is 0.0187. The van der Waals surface area contributed by atoms with Crippen molar-refractivity contribution in [1.82, 2.24) is 0 Å². The molecule has 0 aliphatic carbocycles.